The monoisotopic (exact) mass is 421 g/mol. The summed E-state index contributed by atoms with van der Waals surface area (Å²) in [5.41, 5.74) is 3.74. The number of piperidine rings is 1. The van der Waals surface area contributed by atoms with E-state index >= 15 is 0 Å². The lowest BCUT2D eigenvalue weighted by Crippen LogP contribution is -2.48. The highest BCUT2D eigenvalue weighted by Gasteiger charge is 2.26. The average molecular weight is 422 g/mol. The summed E-state index contributed by atoms with van der Waals surface area (Å²) in [4.78, 5) is 2.37. The van der Waals surface area contributed by atoms with Crippen LogP contribution in [0.2, 0.25) is 0 Å². The number of aliphatic hydroxyl groups excluding tert-OH is 1. The quantitative estimate of drug-likeness (QED) is 0.784. The maximum atomic E-state index is 10.00. The molecular formula is C25H31N3O3. The molecule has 0 bridgehead atoms. The Bertz CT molecular complexity index is 928. The van der Waals surface area contributed by atoms with Crippen molar-refractivity contribution in [3.63, 3.8) is 0 Å². The topological polar surface area (TPSA) is 77.8 Å². The third-order valence-corrected chi connectivity index (χ3v) is 6.42. The lowest BCUT2D eigenvalue weighted by atomic mass is 9.91. The van der Waals surface area contributed by atoms with Crippen molar-refractivity contribution < 1.29 is 14.6 Å². The van der Waals surface area contributed by atoms with Gasteiger partial charge >= 0.3 is 0 Å². The molecule has 31 heavy (non-hydrogen) atoms. The molecule has 0 radical (unpaired) electrons. The van der Waals surface area contributed by atoms with E-state index in [9.17, 15) is 5.26 Å². The van der Waals surface area contributed by atoms with Gasteiger partial charge in [0.05, 0.1) is 11.3 Å². The van der Waals surface area contributed by atoms with Gasteiger partial charge in [-0.15, -0.1) is 0 Å². The largest absolute Gasteiger partial charge is 0.486 e. The van der Waals surface area contributed by atoms with E-state index < -0.39 is 0 Å². The van der Waals surface area contributed by atoms with Crippen LogP contribution in [-0.4, -0.2) is 50.6 Å². The summed E-state index contributed by atoms with van der Waals surface area (Å²) in [6.45, 7) is 3.12. The Kier molecular flexibility index (Phi) is 6.96. The zero-order chi connectivity index (χ0) is 21.6. The number of hydrogen-bond donors (Lipinski definition) is 2. The minimum atomic E-state index is 0.561. The summed E-state index contributed by atoms with van der Waals surface area (Å²) in [5.74, 6) is 1.53. The number of nitrogens with one attached hydrogen (secondary N) is 1. The second-order valence-corrected chi connectivity index (χ2v) is 8.23. The molecule has 1 saturated carbocycles. The Morgan fingerprint density at radius 2 is 1.68 bits per heavy atom. The number of hydrogen-bond acceptors (Lipinski definition) is 6. The molecule has 2 aliphatic heterocycles. The Hall–Kier alpha value is -2.75. The fraction of sp³-hybridized carbons (Fsp3) is 0.480. The van der Waals surface area contributed by atoms with E-state index in [0.717, 1.165) is 73.0 Å². The van der Waals surface area contributed by atoms with Crippen molar-refractivity contribution in [2.75, 3.05) is 38.3 Å². The first-order valence-corrected chi connectivity index (χ1v) is 11.2. The smallest absolute Gasteiger partial charge is 0.161 e. The van der Waals surface area contributed by atoms with Crippen LogP contribution in [0.15, 0.2) is 36.4 Å². The summed E-state index contributed by atoms with van der Waals surface area (Å²) >= 11 is 0. The number of fused-ring (bicyclic) bond motifs is 1. The Morgan fingerprint density at radius 1 is 0.968 bits per heavy atom. The third kappa shape index (κ3) is 4.63. The zero-order valence-electron chi connectivity index (χ0n) is 18.1. The fourth-order valence-corrected chi connectivity index (χ4v) is 4.57. The van der Waals surface area contributed by atoms with Gasteiger partial charge in [0.2, 0.25) is 0 Å². The molecule has 2 fully saturated rings. The fourth-order valence-electron chi connectivity index (χ4n) is 4.57. The van der Waals surface area contributed by atoms with Crippen LogP contribution in [0.3, 0.4) is 0 Å². The van der Waals surface area contributed by atoms with Crippen molar-refractivity contribution in [3.05, 3.63) is 42.0 Å². The van der Waals surface area contributed by atoms with Crippen LogP contribution in [0.1, 0.15) is 37.7 Å². The van der Waals surface area contributed by atoms with E-state index in [-0.39, 0.29) is 0 Å². The molecule has 1 saturated heterocycles. The van der Waals surface area contributed by atoms with Gasteiger partial charge in [-0.05, 0) is 49.4 Å². The van der Waals surface area contributed by atoms with Crippen LogP contribution in [0.5, 0.6) is 11.5 Å². The van der Waals surface area contributed by atoms with E-state index in [1.807, 2.05) is 24.3 Å². The molecule has 5 rings (SSSR count). The molecule has 0 atom stereocenters. The van der Waals surface area contributed by atoms with Gasteiger partial charge < -0.3 is 24.8 Å². The first-order chi connectivity index (χ1) is 15.3. The Morgan fingerprint density at radius 3 is 2.35 bits per heavy atom. The second-order valence-electron chi connectivity index (χ2n) is 8.23. The summed E-state index contributed by atoms with van der Waals surface area (Å²) in [6, 6.07) is 15.9. The predicted molar refractivity (Wildman–Crippen MR) is 122 cm³/mol. The maximum absolute atomic E-state index is 10.00. The van der Waals surface area contributed by atoms with Gasteiger partial charge in [0.25, 0.3) is 0 Å². The van der Waals surface area contributed by atoms with Crippen LogP contribution >= 0.6 is 0 Å². The van der Waals surface area contributed by atoms with Gasteiger partial charge in [0.15, 0.2) is 11.5 Å². The summed E-state index contributed by atoms with van der Waals surface area (Å²) < 4.78 is 11.4. The molecular weight excluding hydrogens is 390 g/mol. The van der Waals surface area contributed by atoms with Gasteiger partial charge in [0.1, 0.15) is 19.3 Å². The van der Waals surface area contributed by atoms with Crippen molar-refractivity contribution in [2.45, 2.75) is 44.2 Å². The van der Waals surface area contributed by atoms with Crippen LogP contribution in [0.4, 0.5) is 5.69 Å². The van der Waals surface area contributed by atoms with E-state index in [4.69, 9.17) is 14.6 Å². The minimum absolute atomic E-state index is 0.561. The predicted octanol–water partition coefficient (Wildman–Crippen LogP) is 3.72. The molecule has 2 aromatic rings. The van der Waals surface area contributed by atoms with E-state index in [1.165, 1.54) is 19.3 Å². The van der Waals surface area contributed by atoms with Gasteiger partial charge in [-0.2, -0.15) is 5.26 Å². The number of anilines is 1. The van der Waals surface area contributed by atoms with Crippen molar-refractivity contribution >= 4 is 5.69 Å². The highest BCUT2D eigenvalue weighted by Crippen LogP contribution is 2.38. The molecule has 164 valence electrons. The first kappa shape index (κ1) is 21.5. The van der Waals surface area contributed by atoms with Gasteiger partial charge in [0, 0.05) is 37.8 Å². The van der Waals surface area contributed by atoms with Crippen LogP contribution in [0, 0.1) is 11.3 Å². The molecule has 0 aromatic heterocycles. The first-order valence-electron chi connectivity index (χ1n) is 11.2. The summed E-state index contributed by atoms with van der Waals surface area (Å²) in [5, 5.41) is 20.8. The zero-order valence-corrected chi connectivity index (χ0v) is 18.1. The number of benzene rings is 2. The van der Waals surface area contributed by atoms with E-state index in [1.54, 1.807) is 0 Å². The molecule has 2 aromatic carbocycles. The standard InChI is InChI=1S/C24H27N3O2.CH4O/c25-16-21-20(17-7-8-23-24(15-17)29-14-13-28-23)5-2-6-22(21)27-11-9-19(10-12-27)26-18-3-1-4-18;1-2/h2,5-8,15,18-19,26H,1,3-4,9-14H2;2H,1H3. The Balaban J connectivity index is 0.00000112. The molecule has 3 aliphatic rings. The second kappa shape index (κ2) is 10.0. The lowest BCUT2D eigenvalue weighted by Gasteiger charge is -2.38. The molecule has 6 nitrogen and oxygen atoms in total. The molecule has 0 amide bonds. The number of nitriles is 1. The van der Waals surface area contributed by atoms with Gasteiger partial charge in [-0.3, -0.25) is 0 Å². The Labute approximate surface area is 184 Å². The molecule has 6 heteroatoms. The van der Waals surface area contributed by atoms with Crippen LogP contribution < -0.4 is 19.7 Å². The maximum Gasteiger partial charge on any atom is 0.161 e. The van der Waals surface area contributed by atoms with E-state index in [0.29, 0.717) is 19.3 Å². The highest BCUT2D eigenvalue weighted by atomic mass is 16.6. The summed E-state index contributed by atoms with van der Waals surface area (Å²) in [7, 11) is 1.00. The highest BCUT2D eigenvalue weighted by molar-refractivity contribution is 5.79. The molecule has 2 heterocycles. The number of nitrogens with zero attached hydrogens (tertiary/aromatic N) is 2. The van der Waals surface area contributed by atoms with Gasteiger partial charge in [-0.25, -0.2) is 0 Å². The normalized spacial score (nSPS) is 18.4. The van der Waals surface area contributed by atoms with Crippen molar-refractivity contribution in [3.8, 4) is 28.7 Å². The lowest BCUT2D eigenvalue weighted by molar-refractivity contribution is 0.171. The van der Waals surface area contributed by atoms with Gasteiger partial charge in [-0.1, -0.05) is 24.6 Å². The number of aliphatic hydroxyl groups is 1. The van der Waals surface area contributed by atoms with Crippen molar-refractivity contribution in [2.24, 2.45) is 0 Å². The number of ether oxygens (including phenoxy) is 2. The molecule has 2 N–H and O–H groups in total. The summed E-state index contributed by atoms with van der Waals surface area (Å²) in [6.07, 6.45) is 6.30. The van der Waals surface area contributed by atoms with Crippen LogP contribution in [0.25, 0.3) is 11.1 Å². The SMILES string of the molecule is CO.N#Cc1c(-c2ccc3c(c2)OCCO3)cccc1N1CCC(NC2CCC2)CC1. The van der Waals surface area contributed by atoms with E-state index in [2.05, 4.69) is 28.4 Å². The molecule has 0 unspecified atom stereocenters. The number of rotatable bonds is 4. The molecule has 0 spiro atoms. The average Bonchev–Trinajstić information content (AvgIpc) is 2.82. The minimum Gasteiger partial charge on any atom is -0.486 e. The van der Waals surface area contributed by atoms with Crippen LogP contribution in [-0.2, 0) is 0 Å². The van der Waals surface area contributed by atoms with Crippen molar-refractivity contribution in [1.82, 2.24) is 5.32 Å². The third-order valence-electron chi connectivity index (χ3n) is 6.42. The van der Waals surface area contributed by atoms with Crippen molar-refractivity contribution in [1.29, 1.82) is 5.26 Å². The molecule has 1 aliphatic carbocycles.